The largest absolute Gasteiger partial charge is 0.378 e. The maximum absolute atomic E-state index is 4.87. The average Bonchev–Trinajstić information content (AvgIpc) is 3.48. The third-order valence-corrected chi connectivity index (χ3v) is 6.82. The number of nitrogens with one attached hydrogen (secondary N) is 3. The molecule has 4 aromatic rings. The van der Waals surface area contributed by atoms with Crippen LogP contribution in [0.1, 0.15) is 31.0 Å². The standard InChI is InChI=1S/C27H30N6/c1-32(2)20-9-6-18(7-10-20)26-28-22-12-8-19(16-24(22)30-26)27-29-23-13-11-21(17-25(23)31-27)33-14-4-3-5-15-33/h6-13,16-17,26,28,30H,3-5,14-15H2,1-2H3,(H,29,31). The zero-order valence-corrected chi connectivity index (χ0v) is 19.2. The van der Waals surface area contributed by atoms with E-state index in [0.717, 1.165) is 46.9 Å². The molecule has 0 aliphatic carbocycles. The van der Waals surface area contributed by atoms with Crippen LogP contribution in [-0.2, 0) is 0 Å². The molecule has 6 nitrogen and oxygen atoms in total. The summed E-state index contributed by atoms with van der Waals surface area (Å²) in [4.78, 5) is 13.0. The second kappa shape index (κ2) is 8.03. The highest BCUT2D eigenvalue weighted by molar-refractivity contribution is 5.85. The molecule has 3 aromatic carbocycles. The van der Waals surface area contributed by atoms with Gasteiger partial charge in [0.25, 0.3) is 0 Å². The molecule has 0 amide bonds. The third-order valence-electron chi connectivity index (χ3n) is 6.82. The van der Waals surface area contributed by atoms with E-state index in [9.17, 15) is 0 Å². The molecule has 168 valence electrons. The van der Waals surface area contributed by atoms with Gasteiger partial charge in [-0.15, -0.1) is 0 Å². The van der Waals surface area contributed by atoms with Crippen molar-refractivity contribution < 1.29 is 0 Å². The van der Waals surface area contributed by atoms with Crippen molar-refractivity contribution in [1.29, 1.82) is 0 Å². The third kappa shape index (κ3) is 3.75. The molecule has 6 heteroatoms. The van der Waals surface area contributed by atoms with Crippen LogP contribution < -0.4 is 20.4 Å². The number of imidazole rings is 1. The number of hydrogen-bond acceptors (Lipinski definition) is 5. The maximum atomic E-state index is 4.87. The van der Waals surface area contributed by atoms with E-state index in [1.165, 1.54) is 36.2 Å². The Labute approximate surface area is 194 Å². The number of anilines is 4. The number of nitrogens with zero attached hydrogens (tertiary/aromatic N) is 3. The van der Waals surface area contributed by atoms with E-state index in [-0.39, 0.29) is 6.17 Å². The van der Waals surface area contributed by atoms with Crippen molar-refractivity contribution in [2.45, 2.75) is 25.4 Å². The first-order chi connectivity index (χ1) is 16.1. The Bertz CT molecular complexity index is 1280. The highest BCUT2D eigenvalue weighted by Crippen LogP contribution is 2.38. The maximum Gasteiger partial charge on any atom is 0.138 e. The Kier molecular flexibility index (Phi) is 4.86. The molecular weight excluding hydrogens is 408 g/mol. The lowest BCUT2D eigenvalue weighted by atomic mass is 10.1. The quantitative estimate of drug-likeness (QED) is 0.375. The Hall–Kier alpha value is -3.67. The summed E-state index contributed by atoms with van der Waals surface area (Å²) in [5.41, 5.74) is 9.11. The van der Waals surface area contributed by atoms with E-state index in [0.29, 0.717) is 0 Å². The van der Waals surface area contributed by atoms with Gasteiger partial charge in [-0.3, -0.25) is 0 Å². The zero-order valence-electron chi connectivity index (χ0n) is 19.2. The summed E-state index contributed by atoms with van der Waals surface area (Å²) < 4.78 is 0. The molecule has 1 saturated heterocycles. The van der Waals surface area contributed by atoms with E-state index in [1.54, 1.807) is 0 Å². The number of H-pyrrole nitrogens is 1. The summed E-state index contributed by atoms with van der Waals surface area (Å²) >= 11 is 0. The molecule has 3 N–H and O–H groups in total. The summed E-state index contributed by atoms with van der Waals surface area (Å²) in [6.45, 7) is 2.30. The lowest BCUT2D eigenvalue weighted by Gasteiger charge is -2.28. The fourth-order valence-electron chi connectivity index (χ4n) is 4.90. The second-order valence-electron chi connectivity index (χ2n) is 9.30. The van der Waals surface area contributed by atoms with Crippen LogP contribution in [0.5, 0.6) is 0 Å². The van der Waals surface area contributed by atoms with Gasteiger partial charge in [0.05, 0.1) is 22.4 Å². The molecule has 1 aromatic heterocycles. The van der Waals surface area contributed by atoms with Crippen LogP contribution in [0.15, 0.2) is 60.7 Å². The van der Waals surface area contributed by atoms with Gasteiger partial charge in [-0.25, -0.2) is 4.98 Å². The Morgan fingerprint density at radius 3 is 2.42 bits per heavy atom. The van der Waals surface area contributed by atoms with Gasteiger partial charge in [-0.05, 0) is 73.4 Å². The van der Waals surface area contributed by atoms with Gasteiger partial charge in [0, 0.05) is 44.1 Å². The van der Waals surface area contributed by atoms with Crippen molar-refractivity contribution in [3.8, 4) is 11.4 Å². The summed E-state index contributed by atoms with van der Waals surface area (Å²) in [7, 11) is 4.12. The lowest BCUT2D eigenvalue weighted by molar-refractivity contribution is 0.578. The molecule has 0 saturated carbocycles. The molecule has 0 bridgehead atoms. The normalized spacial score (nSPS) is 17.5. The number of hydrogen-bond donors (Lipinski definition) is 3. The fourth-order valence-corrected chi connectivity index (χ4v) is 4.90. The van der Waals surface area contributed by atoms with Crippen LogP contribution in [0.3, 0.4) is 0 Å². The molecular formula is C27H30N6. The molecule has 1 atom stereocenters. The number of rotatable bonds is 4. The SMILES string of the molecule is CN(C)c1ccc(C2Nc3ccc(-c4nc5ccc(N6CCCCC6)cc5[nH]4)cc3N2)cc1. The predicted molar refractivity (Wildman–Crippen MR) is 138 cm³/mol. The molecule has 2 aliphatic heterocycles. The number of aromatic amines is 1. The number of fused-ring (bicyclic) bond motifs is 2. The zero-order chi connectivity index (χ0) is 22.4. The predicted octanol–water partition coefficient (Wildman–Crippen LogP) is 5.82. The molecule has 1 unspecified atom stereocenters. The van der Waals surface area contributed by atoms with Crippen LogP contribution in [0.2, 0.25) is 0 Å². The van der Waals surface area contributed by atoms with Gasteiger partial charge >= 0.3 is 0 Å². The van der Waals surface area contributed by atoms with Crippen molar-refractivity contribution in [2.75, 3.05) is 47.6 Å². The van der Waals surface area contributed by atoms with E-state index >= 15 is 0 Å². The molecule has 0 spiro atoms. The van der Waals surface area contributed by atoms with Gasteiger partial charge in [0.1, 0.15) is 12.0 Å². The highest BCUT2D eigenvalue weighted by atomic mass is 15.2. The van der Waals surface area contributed by atoms with E-state index in [4.69, 9.17) is 4.98 Å². The van der Waals surface area contributed by atoms with Crippen molar-refractivity contribution in [1.82, 2.24) is 9.97 Å². The summed E-state index contributed by atoms with van der Waals surface area (Å²) in [6.07, 6.45) is 3.97. The first-order valence-electron chi connectivity index (χ1n) is 11.8. The number of benzene rings is 3. The van der Waals surface area contributed by atoms with Crippen LogP contribution in [0.4, 0.5) is 22.7 Å². The van der Waals surface area contributed by atoms with Crippen LogP contribution >= 0.6 is 0 Å². The summed E-state index contributed by atoms with van der Waals surface area (Å²) in [5, 5.41) is 7.21. The molecule has 6 rings (SSSR count). The minimum atomic E-state index is 0.0641. The van der Waals surface area contributed by atoms with Crippen LogP contribution in [0.25, 0.3) is 22.4 Å². The summed E-state index contributed by atoms with van der Waals surface area (Å²) in [6, 6.07) is 21.7. The van der Waals surface area contributed by atoms with Gasteiger partial charge in [-0.2, -0.15) is 0 Å². The van der Waals surface area contributed by atoms with Crippen molar-refractivity contribution in [3.63, 3.8) is 0 Å². The van der Waals surface area contributed by atoms with Crippen molar-refractivity contribution in [2.24, 2.45) is 0 Å². The topological polar surface area (TPSA) is 59.2 Å². The molecule has 3 heterocycles. The van der Waals surface area contributed by atoms with Crippen molar-refractivity contribution >= 4 is 33.8 Å². The first kappa shape index (κ1) is 20.0. The molecule has 0 radical (unpaired) electrons. The number of aromatic nitrogens is 2. The van der Waals surface area contributed by atoms with Gasteiger partial charge in [0.15, 0.2) is 0 Å². The summed E-state index contributed by atoms with van der Waals surface area (Å²) in [5.74, 6) is 0.907. The lowest BCUT2D eigenvalue weighted by Crippen LogP contribution is -2.29. The Morgan fingerprint density at radius 2 is 1.64 bits per heavy atom. The Morgan fingerprint density at radius 1 is 0.848 bits per heavy atom. The minimum Gasteiger partial charge on any atom is -0.378 e. The Balaban J connectivity index is 1.24. The van der Waals surface area contributed by atoms with Gasteiger partial charge in [0.2, 0.25) is 0 Å². The van der Waals surface area contributed by atoms with Gasteiger partial charge in [-0.1, -0.05) is 12.1 Å². The fraction of sp³-hybridized carbons (Fsp3) is 0.296. The van der Waals surface area contributed by atoms with E-state index in [1.807, 2.05) is 0 Å². The molecule has 2 aliphatic rings. The second-order valence-corrected chi connectivity index (χ2v) is 9.30. The average molecular weight is 439 g/mol. The van der Waals surface area contributed by atoms with Crippen LogP contribution in [0, 0.1) is 0 Å². The van der Waals surface area contributed by atoms with Crippen molar-refractivity contribution in [3.05, 3.63) is 66.2 Å². The molecule has 1 fully saturated rings. The minimum absolute atomic E-state index is 0.0641. The van der Waals surface area contributed by atoms with E-state index in [2.05, 4.69) is 100 Å². The van der Waals surface area contributed by atoms with E-state index < -0.39 is 0 Å². The monoisotopic (exact) mass is 438 g/mol. The highest BCUT2D eigenvalue weighted by Gasteiger charge is 2.22. The smallest absolute Gasteiger partial charge is 0.138 e. The van der Waals surface area contributed by atoms with Gasteiger partial charge < -0.3 is 25.4 Å². The molecule has 33 heavy (non-hydrogen) atoms. The van der Waals surface area contributed by atoms with Crippen LogP contribution in [-0.4, -0.2) is 37.2 Å². The number of piperidine rings is 1. The first-order valence-corrected chi connectivity index (χ1v) is 11.8.